The lowest BCUT2D eigenvalue weighted by molar-refractivity contribution is -0.116. The molecule has 7 nitrogen and oxygen atoms in total. The fraction of sp³-hybridized carbons (Fsp3) is 0.258. The normalized spacial score (nSPS) is 16.7. The number of carbonyl (C=O) groups excluding carboxylic acids is 1. The summed E-state index contributed by atoms with van der Waals surface area (Å²) >= 11 is 5.83. The lowest BCUT2D eigenvalue weighted by Gasteiger charge is -2.28. The maximum atomic E-state index is 12.9. The van der Waals surface area contributed by atoms with Gasteiger partial charge in [0.15, 0.2) is 5.11 Å². The van der Waals surface area contributed by atoms with Gasteiger partial charge in [-0.1, -0.05) is 23.8 Å². The molecule has 39 heavy (non-hydrogen) atoms. The Labute approximate surface area is 234 Å². The fourth-order valence-electron chi connectivity index (χ4n) is 5.28. The summed E-state index contributed by atoms with van der Waals surface area (Å²) in [5.41, 5.74) is 7.28. The molecule has 2 N–H and O–H groups in total. The van der Waals surface area contributed by atoms with E-state index >= 15 is 0 Å². The van der Waals surface area contributed by atoms with Crippen molar-refractivity contribution in [3.8, 4) is 11.4 Å². The first-order chi connectivity index (χ1) is 18.9. The molecule has 200 valence electrons. The number of rotatable bonds is 8. The molecule has 0 bridgehead atoms. The standard InChI is InChI=1S/C31H33N5O2S/c1-20-8-10-23(11-9-20)33-28(37)16-18-35-30(29(34-31(35)39)27-7-5-6-17-32-27)26-19-21(2)36(22(26)3)24-12-14-25(38-4)15-13-24/h5-15,17,19,29-30H,16,18H2,1-4H3,(H,33,37)(H,34,39)/t29-,30+/m0/s1. The van der Waals surface area contributed by atoms with Gasteiger partial charge in [-0.05, 0) is 93.1 Å². The number of hydrogen-bond acceptors (Lipinski definition) is 4. The van der Waals surface area contributed by atoms with E-state index in [1.807, 2.05) is 61.5 Å². The van der Waals surface area contributed by atoms with Crippen molar-refractivity contribution in [2.75, 3.05) is 19.0 Å². The van der Waals surface area contributed by atoms with Crippen LogP contribution in [0.1, 0.15) is 46.7 Å². The monoisotopic (exact) mass is 539 g/mol. The summed E-state index contributed by atoms with van der Waals surface area (Å²) in [6.45, 7) is 6.74. The van der Waals surface area contributed by atoms with Crippen molar-refractivity contribution in [1.29, 1.82) is 0 Å². The first-order valence-corrected chi connectivity index (χ1v) is 13.4. The number of anilines is 1. The van der Waals surface area contributed by atoms with Crippen molar-refractivity contribution in [2.24, 2.45) is 0 Å². The number of aryl methyl sites for hydroxylation is 2. The molecule has 0 aliphatic carbocycles. The van der Waals surface area contributed by atoms with Crippen LogP contribution in [0, 0.1) is 20.8 Å². The van der Waals surface area contributed by atoms with Crippen LogP contribution in [0.5, 0.6) is 5.75 Å². The third-order valence-corrected chi connectivity index (χ3v) is 7.58. The second-order valence-electron chi connectivity index (χ2n) is 9.84. The molecule has 2 atom stereocenters. The average Bonchev–Trinajstić information content (AvgIpc) is 3.43. The number of nitrogens with zero attached hydrogens (tertiary/aromatic N) is 3. The van der Waals surface area contributed by atoms with Crippen LogP contribution in [0.4, 0.5) is 5.69 Å². The lowest BCUT2D eigenvalue weighted by Crippen LogP contribution is -2.32. The number of aromatic nitrogens is 2. The molecule has 1 amide bonds. The highest BCUT2D eigenvalue weighted by Gasteiger charge is 2.41. The molecule has 0 spiro atoms. The molecule has 1 aliphatic heterocycles. The molecule has 0 saturated carbocycles. The van der Waals surface area contributed by atoms with Crippen LogP contribution in [-0.4, -0.2) is 39.1 Å². The minimum Gasteiger partial charge on any atom is -0.497 e. The number of ether oxygens (including phenoxy) is 1. The van der Waals surface area contributed by atoms with E-state index in [4.69, 9.17) is 17.0 Å². The second kappa shape index (κ2) is 11.3. The van der Waals surface area contributed by atoms with Gasteiger partial charge in [-0.15, -0.1) is 0 Å². The summed E-state index contributed by atoms with van der Waals surface area (Å²) in [6.07, 6.45) is 2.10. The van der Waals surface area contributed by atoms with Gasteiger partial charge in [-0.3, -0.25) is 9.78 Å². The van der Waals surface area contributed by atoms with E-state index in [9.17, 15) is 4.79 Å². The summed E-state index contributed by atoms with van der Waals surface area (Å²) < 4.78 is 7.60. The zero-order valence-electron chi connectivity index (χ0n) is 22.6. The molecule has 5 rings (SSSR count). The van der Waals surface area contributed by atoms with E-state index in [0.29, 0.717) is 18.1 Å². The van der Waals surface area contributed by atoms with E-state index in [0.717, 1.165) is 45.3 Å². The van der Waals surface area contributed by atoms with Crippen molar-refractivity contribution in [3.05, 3.63) is 107 Å². The van der Waals surface area contributed by atoms with Crippen LogP contribution in [0.15, 0.2) is 79.0 Å². The molecule has 2 aromatic heterocycles. The second-order valence-corrected chi connectivity index (χ2v) is 10.2. The van der Waals surface area contributed by atoms with Crippen LogP contribution in [0.25, 0.3) is 5.69 Å². The number of thiocarbonyl (C=S) groups is 1. The number of pyridine rings is 1. The molecule has 3 heterocycles. The van der Waals surface area contributed by atoms with Crippen LogP contribution >= 0.6 is 12.2 Å². The highest BCUT2D eigenvalue weighted by molar-refractivity contribution is 7.80. The molecular formula is C31H33N5O2S. The highest BCUT2D eigenvalue weighted by Crippen LogP contribution is 2.41. The molecule has 8 heteroatoms. The molecular weight excluding hydrogens is 506 g/mol. The zero-order valence-corrected chi connectivity index (χ0v) is 23.5. The summed E-state index contributed by atoms with van der Waals surface area (Å²) in [5, 5.41) is 7.12. The topological polar surface area (TPSA) is 71.4 Å². The molecule has 0 unspecified atom stereocenters. The maximum absolute atomic E-state index is 12.9. The summed E-state index contributed by atoms with van der Waals surface area (Å²) in [7, 11) is 1.67. The molecule has 0 radical (unpaired) electrons. The number of methoxy groups -OCH3 is 1. The quantitative estimate of drug-likeness (QED) is 0.276. The summed E-state index contributed by atoms with van der Waals surface area (Å²) in [4.78, 5) is 19.7. The maximum Gasteiger partial charge on any atom is 0.226 e. The Hall–Kier alpha value is -4.17. The van der Waals surface area contributed by atoms with Crippen molar-refractivity contribution < 1.29 is 9.53 Å². The van der Waals surface area contributed by atoms with Crippen molar-refractivity contribution in [2.45, 2.75) is 39.3 Å². The fourth-order valence-corrected chi connectivity index (χ4v) is 5.61. The van der Waals surface area contributed by atoms with Gasteiger partial charge >= 0.3 is 0 Å². The molecule has 1 saturated heterocycles. The SMILES string of the molecule is COc1ccc(-n2c(C)cc([C@@H]3[C@H](c4ccccn4)NC(=S)N3CCC(=O)Nc3ccc(C)cc3)c2C)cc1. The van der Waals surface area contributed by atoms with Gasteiger partial charge in [0.2, 0.25) is 5.91 Å². The first-order valence-electron chi connectivity index (χ1n) is 13.0. The predicted molar refractivity (Wildman–Crippen MR) is 158 cm³/mol. The molecule has 1 fully saturated rings. The number of nitrogens with one attached hydrogen (secondary N) is 2. The predicted octanol–water partition coefficient (Wildman–Crippen LogP) is 5.81. The number of hydrogen-bond donors (Lipinski definition) is 2. The van der Waals surface area contributed by atoms with Crippen LogP contribution in [0.3, 0.4) is 0 Å². The Morgan fingerprint density at radius 2 is 1.79 bits per heavy atom. The Balaban J connectivity index is 1.45. The largest absolute Gasteiger partial charge is 0.497 e. The third kappa shape index (κ3) is 5.52. The number of benzene rings is 2. The average molecular weight is 540 g/mol. The smallest absolute Gasteiger partial charge is 0.226 e. The van der Waals surface area contributed by atoms with E-state index in [2.05, 4.69) is 57.1 Å². The zero-order chi connectivity index (χ0) is 27.5. The molecule has 2 aromatic carbocycles. The van der Waals surface area contributed by atoms with Gasteiger partial charge < -0.3 is 24.8 Å². The Bertz CT molecular complexity index is 1470. The first kappa shape index (κ1) is 26.4. The summed E-state index contributed by atoms with van der Waals surface area (Å²) in [6, 6.07) is 23.7. The van der Waals surface area contributed by atoms with Gasteiger partial charge in [-0.2, -0.15) is 0 Å². The van der Waals surface area contributed by atoms with Gasteiger partial charge in [0.1, 0.15) is 5.75 Å². The van der Waals surface area contributed by atoms with Gasteiger partial charge in [-0.25, -0.2) is 0 Å². The number of amides is 1. The van der Waals surface area contributed by atoms with Crippen molar-refractivity contribution >= 4 is 28.9 Å². The van der Waals surface area contributed by atoms with E-state index in [1.165, 1.54) is 0 Å². The van der Waals surface area contributed by atoms with Crippen LogP contribution in [0.2, 0.25) is 0 Å². The van der Waals surface area contributed by atoms with Crippen LogP contribution < -0.4 is 15.4 Å². The van der Waals surface area contributed by atoms with E-state index in [1.54, 1.807) is 13.3 Å². The minimum absolute atomic E-state index is 0.0506. The van der Waals surface area contributed by atoms with Crippen molar-refractivity contribution in [3.63, 3.8) is 0 Å². The van der Waals surface area contributed by atoms with Gasteiger partial charge in [0.25, 0.3) is 0 Å². The Morgan fingerprint density at radius 1 is 1.05 bits per heavy atom. The van der Waals surface area contributed by atoms with E-state index in [-0.39, 0.29) is 18.0 Å². The Morgan fingerprint density at radius 3 is 2.46 bits per heavy atom. The molecule has 1 aliphatic rings. The molecule has 4 aromatic rings. The van der Waals surface area contributed by atoms with Crippen LogP contribution in [-0.2, 0) is 4.79 Å². The van der Waals surface area contributed by atoms with Gasteiger partial charge in [0, 0.05) is 41.9 Å². The van der Waals surface area contributed by atoms with E-state index < -0.39 is 0 Å². The summed E-state index contributed by atoms with van der Waals surface area (Å²) in [5.74, 6) is 0.766. The highest BCUT2D eigenvalue weighted by atomic mass is 32.1. The lowest BCUT2D eigenvalue weighted by atomic mass is 9.96. The number of carbonyl (C=O) groups is 1. The minimum atomic E-state index is -0.149. The van der Waals surface area contributed by atoms with Gasteiger partial charge in [0.05, 0.1) is 24.9 Å². The van der Waals surface area contributed by atoms with Crippen molar-refractivity contribution in [1.82, 2.24) is 19.8 Å². The third-order valence-electron chi connectivity index (χ3n) is 7.23. The Kier molecular flexibility index (Phi) is 7.65.